The topological polar surface area (TPSA) is 83.5 Å². The molecular weight excluding hydrogens is 278 g/mol. The lowest BCUT2D eigenvalue weighted by Crippen LogP contribution is -2.31. The highest BCUT2D eigenvalue weighted by molar-refractivity contribution is 7.91. The molecular formula is C14H21NO4S. The number of hydrogen-bond acceptors (Lipinski definition) is 4. The molecule has 20 heavy (non-hydrogen) atoms. The molecule has 0 saturated carbocycles. The lowest BCUT2D eigenvalue weighted by atomic mass is 10.0. The van der Waals surface area contributed by atoms with Gasteiger partial charge in [0.2, 0.25) is 0 Å². The second-order valence-electron chi connectivity index (χ2n) is 5.06. The number of benzene rings is 1. The van der Waals surface area contributed by atoms with E-state index in [9.17, 15) is 18.3 Å². The number of sulfone groups is 1. The zero-order valence-electron chi connectivity index (χ0n) is 12.0. The van der Waals surface area contributed by atoms with E-state index in [1.54, 1.807) is 25.1 Å². The molecule has 1 atom stereocenters. The van der Waals surface area contributed by atoms with E-state index in [-0.39, 0.29) is 16.6 Å². The number of carboxylic acids is 1. The first kappa shape index (κ1) is 16.5. The number of carboxylic acid groups (broad SMARTS) is 1. The number of rotatable bonds is 7. The summed E-state index contributed by atoms with van der Waals surface area (Å²) in [4.78, 5) is 11.4. The van der Waals surface area contributed by atoms with Crippen LogP contribution in [0.3, 0.4) is 0 Å². The first-order valence-electron chi connectivity index (χ1n) is 6.59. The minimum atomic E-state index is -3.38. The van der Waals surface area contributed by atoms with Gasteiger partial charge in [-0.25, -0.2) is 13.2 Å². The highest BCUT2D eigenvalue weighted by Gasteiger charge is 2.22. The van der Waals surface area contributed by atoms with Gasteiger partial charge in [0.1, 0.15) is 6.04 Å². The highest BCUT2D eigenvalue weighted by atomic mass is 32.2. The van der Waals surface area contributed by atoms with Crippen LogP contribution in [0.5, 0.6) is 0 Å². The number of hydrogen-bond donors (Lipinski definition) is 2. The molecule has 0 spiro atoms. The summed E-state index contributed by atoms with van der Waals surface area (Å²) in [5, 5.41) is 12.1. The van der Waals surface area contributed by atoms with Crippen molar-refractivity contribution in [2.24, 2.45) is 5.92 Å². The Morgan fingerprint density at radius 3 is 2.40 bits per heavy atom. The van der Waals surface area contributed by atoms with E-state index in [4.69, 9.17) is 0 Å². The molecule has 5 nitrogen and oxygen atoms in total. The van der Waals surface area contributed by atoms with Crippen LogP contribution in [0.2, 0.25) is 0 Å². The molecule has 1 aromatic carbocycles. The molecule has 1 unspecified atom stereocenters. The van der Waals surface area contributed by atoms with Crippen LogP contribution in [0.15, 0.2) is 29.2 Å². The van der Waals surface area contributed by atoms with Crippen molar-refractivity contribution in [3.05, 3.63) is 24.3 Å². The van der Waals surface area contributed by atoms with Gasteiger partial charge >= 0.3 is 5.97 Å². The summed E-state index contributed by atoms with van der Waals surface area (Å²) >= 11 is 0. The maximum absolute atomic E-state index is 12.0. The average Bonchev–Trinajstić information content (AvgIpc) is 2.37. The summed E-state index contributed by atoms with van der Waals surface area (Å²) in [6.45, 7) is 5.41. The molecule has 0 aliphatic rings. The fraction of sp³-hybridized carbons (Fsp3) is 0.500. The molecule has 0 bridgehead atoms. The zero-order chi connectivity index (χ0) is 15.3. The lowest BCUT2D eigenvalue weighted by Gasteiger charge is -2.19. The van der Waals surface area contributed by atoms with Crippen LogP contribution in [-0.4, -0.2) is 31.3 Å². The van der Waals surface area contributed by atoms with Crippen molar-refractivity contribution >= 4 is 21.5 Å². The smallest absolute Gasteiger partial charge is 0.326 e. The highest BCUT2D eigenvalue weighted by Crippen LogP contribution is 2.24. The van der Waals surface area contributed by atoms with Crippen LogP contribution in [0, 0.1) is 5.92 Å². The molecule has 0 aliphatic carbocycles. The Labute approximate surface area is 119 Å². The SMILES string of the molecule is CCS(=O)(=O)c1ccccc1NC(CC(C)C)C(=O)O. The van der Waals surface area contributed by atoms with Gasteiger partial charge in [-0.3, -0.25) is 0 Å². The Morgan fingerprint density at radius 1 is 1.30 bits per heavy atom. The van der Waals surface area contributed by atoms with Crippen molar-refractivity contribution in [1.29, 1.82) is 0 Å². The Morgan fingerprint density at radius 2 is 1.90 bits per heavy atom. The summed E-state index contributed by atoms with van der Waals surface area (Å²) in [5.74, 6) is -0.811. The minimum absolute atomic E-state index is 0.0202. The molecule has 1 rings (SSSR count). The largest absolute Gasteiger partial charge is 0.480 e. The first-order valence-corrected chi connectivity index (χ1v) is 8.24. The zero-order valence-corrected chi connectivity index (χ0v) is 12.8. The molecule has 0 radical (unpaired) electrons. The van der Waals surface area contributed by atoms with Crippen LogP contribution in [-0.2, 0) is 14.6 Å². The van der Waals surface area contributed by atoms with E-state index in [2.05, 4.69) is 5.32 Å². The molecule has 0 saturated heterocycles. The van der Waals surface area contributed by atoms with Gasteiger partial charge in [-0.1, -0.05) is 32.9 Å². The second-order valence-corrected chi connectivity index (χ2v) is 7.31. The fourth-order valence-electron chi connectivity index (χ4n) is 1.89. The number of para-hydroxylation sites is 1. The van der Waals surface area contributed by atoms with E-state index >= 15 is 0 Å². The predicted molar refractivity (Wildman–Crippen MR) is 78.7 cm³/mol. The minimum Gasteiger partial charge on any atom is -0.480 e. The van der Waals surface area contributed by atoms with Gasteiger partial charge in [0.05, 0.1) is 16.3 Å². The van der Waals surface area contributed by atoms with Crippen molar-refractivity contribution in [2.45, 2.75) is 38.1 Å². The Bertz CT molecular complexity index is 566. The van der Waals surface area contributed by atoms with E-state index in [1.165, 1.54) is 6.07 Å². The average molecular weight is 299 g/mol. The third-order valence-electron chi connectivity index (χ3n) is 2.94. The van der Waals surface area contributed by atoms with Crippen molar-refractivity contribution in [3.63, 3.8) is 0 Å². The molecule has 0 heterocycles. The number of anilines is 1. The van der Waals surface area contributed by atoms with Gasteiger partial charge < -0.3 is 10.4 Å². The molecule has 2 N–H and O–H groups in total. The Kier molecular flexibility index (Phi) is 5.56. The summed E-state index contributed by atoms with van der Waals surface area (Å²) in [6.07, 6.45) is 0.426. The standard InChI is InChI=1S/C14H21NO4S/c1-4-20(18,19)13-8-6-5-7-11(13)15-12(14(16)17)9-10(2)3/h5-8,10,12,15H,4,9H2,1-3H3,(H,16,17). The second kappa shape index (κ2) is 6.74. The van der Waals surface area contributed by atoms with Gasteiger partial charge in [-0.2, -0.15) is 0 Å². The van der Waals surface area contributed by atoms with Gasteiger partial charge in [0.25, 0.3) is 0 Å². The third kappa shape index (κ3) is 4.23. The van der Waals surface area contributed by atoms with Crippen molar-refractivity contribution in [1.82, 2.24) is 0 Å². The lowest BCUT2D eigenvalue weighted by molar-refractivity contribution is -0.138. The van der Waals surface area contributed by atoms with Gasteiger partial charge in [-0.15, -0.1) is 0 Å². The van der Waals surface area contributed by atoms with E-state index < -0.39 is 21.8 Å². The number of nitrogens with one attached hydrogen (secondary N) is 1. The quantitative estimate of drug-likeness (QED) is 0.807. The first-order chi connectivity index (χ1) is 9.27. The molecule has 0 aromatic heterocycles. The molecule has 0 fully saturated rings. The summed E-state index contributed by atoms with van der Waals surface area (Å²) in [5.41, 5.74) is 0.349. The number of carbonyl (C=O) groups is 1. The predicted octanol–water partition coefficient (Wildman–Crippen LogP) is 2.39. The van der Waals surface area contributed by atoms with Crippen LogP contribution < -0.4 is 5.32 Å². The molecule has 112 valence electrons. The van der Waals surface area contributed by atoms with Gasteiger partial charge in [-0.05, 0) is 24.5 Å². The van der Waals surface area contributed by atoms with Gasteiger partial charge in [0, 0.05) is 0 Å². The molecule has 6 heteroatoms. The third-order valence-corrected chi connectivity index (χ3v) is 4.72. The Hall–Kier alpha value is -1.56. The summed E-state index contributed by atoms with van der Waals surface area (Å²) in [6, 6.07) is 5.61. The maximum Gasteiger partial charge on any atom is 0.326 e. The van der Waals surface area contributed by atoms with Crippen LogP contribution in [0.25, 0.3) is 0 Å². The van der Waals surface area contributed by atoms with E-state index in [0.29, 0.717) is 12.1 Å². The summed E-state index contributed by atoms with van der Waals surface area (Å²) < 4.78 is 24.0. The van der Waals surface area contributed by atoms with Crippen molar-refractivity contribution in [2.75, 3.05) is 11.1 Å². The monoisotopic (exact) mass is 299 g/mol. The van der Waals surface area contributed by atoms with Crippen LogP contribution in [0.1, 0.15) is 27.2 Å². The van der Waals surface area contributed by atoms with E-state index in [0.717, 1.165) is 0 Å². The maximum atomic E-state index is 12.0. The van der Waals surface area contributed by atoms with Crippen LogP contribution in [0.4, 0.5) is 5.69 Å². The molecule has 0 amide bonds. The Balaban J connectivity index is 3.11. The number of aliphatic carboxylic acids is 1. The normalized spacial score (nSPS) is 13.2. The van der Waals surface area contributed by atoms with Gasteiger partial charge in [0.15, 0.2) is 9.84 Å². The van der Waals surface area contributed by atoms with E-state index in [1.807, 2.05) is 13.8 Å². The molecule has 1 aromatic rings. The van der Waals surface area contributed by atoms with Crippen LogP contribution >= 0.6 is 0 Å². The fourth-order valence-corrected chi connectivity index (χ4v) is 2.95. The van der Waals surface area contributed by atoms with Crippen molar-refractivity contribution < 1.29 is 18.3 Å². The molecule has 0 aliphatic heterocycles. The summed E-state index contributed by atoms with van der Waals surface area (Å²) in [7, 11) is -3.38. The van der Waals surface area contributed by atoms with Crippen molar-refractivity contribution in [3.8, 4) is 0 Å².